The van der Waals surface area contributed by atoms with Crippen LogP contribution in [0.5, 0.6) is 0 Å². The molecule has 1 heterocycles. The lowest BCUT2D eigenvalue weighted by Crippen LogP contribution is -2.25. The van der Waals surface area contributed by atoms with Crippen LogP contribution in [0.1, 0.15) is 71.5 Å². The minimum Gasteiger partial charge on any atom is -0.314 e. The molecule has 1 fully saturated rings. The number of nitrogens with zero attached hydrogens (tertiary/aromatic N) is 2. The highest BCUT2D eigenvalue weighted by molar-refractivity contribution is 5.03. The van der Waals surface area contributed by atoms with Gasteiger partial charge in [0.25, 0.3) is 0 Å². The SMILES string of the molecule is CCC(CC)n1ccc(CC(C)(C)CCNC2CC2)n1. The molecular weight excluding hydrogens is 246 g/mol. The largest absolute Gasteiger partial charge is 0.314 e. The van der Waals surface area contributed by atoms with E-state index in [1.165, 1.54) is 25.0 Å². The Labute approximate surface area is 124 Å². The van der Waals surface area contributed by atoms with Gasteiger partial charge in [-0.25, -0.2) is 0 Å². The Morgan fingerprint density at radius 3 is 2.65 bits per heavy atom. The predicted octanol–water partition coefficient (Wildman–Crippen LogP) is 3.96. The van der Waals surface area contributed by atoms with Crippen LogP contribution < -0.4 is 5.32 Å². The molecule has 3 nitrogen and oxygen atoms in total. The van der Waals surface area contributed by atoms with Crippen molar-refractivity contribution in [3.05, 3.63) is 18.0 Å². The molecule has 1 aliphatic rings. The fourth-order valence-electron chi connectivity index (χ4n) is 2.82. The second kappa shape index (κ2) is 6.75. The molecule has 0 amide bonds. The molecular formula is C17H31N3. The Balaban J connectivity index is 1.84. The van der Waals surface area contributed by atoms with E-state index in [9.17, 15) is 0 Å². The minimum atomic E-state index is 0.328. The summed E-state index contributed by atoms with van der Waals surface area (Å²) in [5.41, 5.74) is 1.57. The van der Waals surface area contributed by atoms with E-state index in [2.05, 4.69) is 50.0 Å². The molecule has 0 saturated heterocycles. The fourth-order valence-corrected chi connectivity index (χ4v) is 2.82. The van der Waals surface area contributed by atoms with Crippen LogP contribution in [0, 0.1) is 5.41 Å². The number of hydrogen-bond donors (Lipinski definition) is 1. The van der Waals surface area contributed by atoms with Crippen LogP contribution in [0.2, 0.25) is 0 Å². The number of hydrogen-bond acceptors (Lipinski definition) is 2. The van der Waals surface area contributed by atoms with Gasteiger partial charge in [0.15, 0.2) is 0 Å². The Hall–Kier alpha value is -0.830. The van der Waals surface area contributed by atoms with Crippen molar-refractivity contribution in [3.8, 4) is 0 Å². The van der Waals surface area contributed by atoms with E-state index in [-0.39, 0.29) is 0 Å². The molecule has 0 radical (unpaired) electrons. The van der Waals surface area contributed by atoms with Crippen molar-refractivity contribution in [1.82, 2.24) is 15.1 Å². The maximum Gasteiger partial charge on any atom is 0.0630 e. The van der Waals surface area contributed by atoms with Gasteiger partial charge in [0.2, 0.25) is 0 Å². The van der Waals surface area contributed by atoms with Crippen LogP contribution in [0.15, 0.2) is 12.3 Å². The molecule has 1 aromatic heterocycles. The van der Waals surface area contributed by atoms with E-state index < -0.39 is 0 Å². The summed E-state index contributed by atoms with van der Waals surface area (Å²) in [5.74, 6) is 0. The summed E-state index contributed by atoms with van der Waals surface area (Å²) in [7, 11) is 0. The highest BCUT2D eigenvalue weighted by atomic mass is 15.3. The van der Waals surface area contributed by atoms with Crippen molar-refractivity contribution in [3.63, 3.8) is 0 Å². The van der Waals surface area contributed by atoms with Gasteiger partial charge >= 0.3 is 0 Å². The molecule has 20 heavy (non-hydrogen) atoms. The van der Waals surface area contributed by atoms with E-state index in [1.54, 1.807) is 0 Å². The van der Waals surface area contributed by atoms with Crippen LogP contribution >= 0.6 is 0 Å². The van der Waals surface area contributed by atoms with E-state index in [4.69, 9.17) is 5.10 Å². The van der Waals surface area contributed by atoms with Crippen LogP contribution in [-0.2, 0) is 6.42 Å². The van der Waals surface area contributed by atoms with Crippen LogP contribution in [0.25, 0.3) is 0 Å². The molecule has 3 heteroatoms. The molecule has 2 rings (SSSR count). The first-order chi connectivity index (χ1) is 9.54. The smallest absolute Gasteiger partial charge is 0.0630 e. The first kappa shape index (κ1) is 15.6. The highest BCUT2D eigenvalue weighted by Gasteiger charge is 2.24. The van der Waals surface area contributed by atoms with Crippen molar-refractivity contribution in [1.29, 1.82) is 0 Å². The van der Waals surface area contributed by atoms with Gasteiger partial charge in [0.1, 0.15) is 0 Å². The zero-order chi connectivity index (χ0) is 14.6. The third-order valence-electron chi connectivity index (χ3n) is 4.45. The van der Waals surface area contributed by atoms with Gasteiger partial charge in [-0.2, -0.15) is 5.10 Å². The van der Waals surface area contributed by atoms with Crippen LogP contribution in [0.3, 0.4) is 0 Å². The van der Waals surface area contributed by atoms with Crippen molar-refractivity contribution in [2.24, 2.45) is 5.41 Å². The molecule has 1 aliphatic carbocycles. The van der Waals surface area contributed by atoms with Gasteiger partial charge in [-0.15, -0.1) is 0 Å². The van der Waals surface area contributed by atoms with Crippen molar-refractivity contribution >= 4 is 0 Å². The summed E-state index contributed by atoms with van der Waals surface area (Å²) in [4.78, 5) is 0. The maximum atomic E-state index is 4.79. The Morgan fingerprint density at radius 1 is 1.35 bits per heavy atom. The molecule has 1 saturated carbocycles. The van der Waals surface area contributed by atoms with Gasteiger partial charge in [0.05, 0.1) is 11.7 Å². The second-order valence-corrected chi connectivity index (χ2v) is 7.08. The zero-order valence-corrected chi connectivity index (χ0v) is 13.7. The summed E-state index contributed by atoms with van der Waals surface area (Å²) >= 11 is 0. The molecule has 0 unspecified atom stereocenters. The van der Waals surface area contributed by atoms with E-state index in [1.807, 2.05) is 0 Å². The molecule has 1 aromatic rings. The zero-order valence-electron chi connectivity index (χ0n) is 13.7. The normalized spacial score (nSPS) is 16.1. The Kier molecular flexibility index (Phi) is 5.25. The van der Waals surface area contributed by atoms with Gasteiger partial charge in [-0.05, 0) is 56.6 Å². The lowest BCUT2D eigenvalue weighted by molar-refractivity contribution is 0.318. The minimum absolute atomic E-state index is 0.328. The van der Waals surface area contributed by atoms with Crippen LogP contribution in [0.4, 0.5) is 0 Å². The lowest BCUT2D eigenvalue weighted by Gasteiger charge is -2.24. The predicted molar refractivity (Wildman–Crippen MR) is 85.0 cm³/mol. The molecule has 1 N–H and O–H groups in total. The lowest BCUT2D eigenvalue weighted by atomic mass is 9.84. The summed E-state index contributed by atoms with van der Waals surface area (Å²) in [6.45, 7) is 10.3. The van der Waals surface area contributed by atoms with E-state index >= 15 is 0 Å². The first-order valence-corrected chi connectivity index (χ1v) is 8.31. The van der Waals surface area contributed by atoms with Crippen molar-refractivity contribution in [2.45, 2.75) is 78.3 Å². The van der Waals surface area contributed by atoms with Gasteiger partial charge in [0, 0.05) is 12.2 Å². The van der Waals surface area contributed by atoms with Gasteiger partial charge in [-0.3, -0.25) is 4.68 Å². The average Bonchev–Trinajstić information content (AvgIpc) is 3.10. The van der Waals surface area contributed by atoms with Crippen molar-refractivity contribution < 1.29 is 0 Å². The summed E-state index contributed by atoms with van der Waals surface area (Å²) < 4.78 is 2.16. The topological polar surface area (TPSA) is 29.9 Å². The highest BCUT2D eigenvalue weighted by Crippen LogP contribution is 2.26. The summed E-state index contributed by atoms with van der Waals surface area (Å²) in [6, 6.07) is 3.58. The Bertz CT molecular complexity index is 400. The average molecular weight is 277 g/mol. The number of aromatic nitrogens is 2. The number of rotatable bonds is 9. The first-order valence-electron chi connectivity index (χ1n) is 8.31. The van der Waals surface area contributed by atoms with Crippen molar-refractivity contribution in [2.75, 3.05) is 6.54 Å². The molecule has 0 aliphatic heterocycles. The van der Waals surface area contributed by atoms with E-state index in [0.29, 0.717) is 11.5 Å². The molecule has 0 atom stereocenters. The third-order valence-corrected chi connectivity index (χ3v) is 4.45. The van der Waals surface area contributed by atoms with Crippen LogP contribution in [-0.4, -0.2) is 22.4 Å². The Morgan fingerprint density at radius 2 is 2.05 bits per heavy atom. The molecule has 114 valence electrons. The fraction of sp³-hybridized carbons (Fsp3) is 0.824. The molecule has 0 spiro atoms. The standard InChI is InChI=1S/C17H31N3/c1-5-16(6-2)20-12-9-15(19-20)13-17(3,4)10-11-18-14-7-8-14/h9,12,14,16,18H,5-8,10-11,13H2,1-4H3. The summed E-state index contributed by atoms with van der Waals surface area (Å²) in [6.07, 6.45) is 9.53. The monoisotopic (exact) mass is 277 g/mol. The molecule has 0 aromatic carbocycles. The van der Waals surface area contributed by atoms with E-state index in [0.717, 1.165) is 31.8 Å². The summed E-state index contributed by atoms with van der Waals surface area (Å²) in [5, 5.41) is 8.40. The number of nitrogens with one attached hydrogen (secondary N) is 1. The third kappa shape index (κ3) is 4.62. The van der Waals surface area contributed by atoms with Gasteiger partial charge < -0.3 is 5.32 Å². The molecule has 0 bridgehead atoms. The second-order valence-electron chi connectivity index (χ2n) is 7.08. The quantitative estimate of drug-likeness (QED) is 0.740. The maximum absolute atomic E-state index is 4.79. The van der Waals surface area contributed by atoms with Gasteiger partial charge in [-0.1, -0.05) is 27.7 Å².